The zero-order valence-electron chi connectivity index (χ0n) is 16.6. The zero-order chi connectivity index (χ0) is 18.8. The highest BCUT2D eigenvalue weighted by Gasteiger charge is 2.22. The first kappa shape index (κ1) is 19.3. The van der Waals surface area contributed by atoms with E-state index in [1.165, 1.54) is 5.56 Å². The first-order chi connectivity index (χ1) is 11.6. The van der Waals surface area contributed by atoms with Crippen molar-refractivity contribution >= 4 is 5.91 Å². The third-order valence-corrected chi connectivity index (χ3v) is 4.50. The van der Waals surface area contributed by atoms with Crippen LogP contribution < -0.4 is 5.32 Å². The van der Waals surface area contributed by atoms with Gasteiger partial charge in [-0.2, -0.15) is 0 Å². The van der Waals surface area contributed by atoms with E-state index in [2.05, 4.69) is 61.8 Å². The van der Waals surface area contributed by atoms with Gasteiger partial charge in [0.2, 0.25) is 0 Å². The topological polar surface area (TPSA) is 37.3 Å². The molecule has 0 aliphatic heterocycles. The van der Waals surface area contributed by atoms with Gasteiger partial charge in [0.05, 0.1) is 5.56 Å². The lowest BCUT2D eigenvalue weighted by Gasteiger charge is -2.28. The van der Waals surface area contributed by atoms with Crippen molar-refractivity contribution in [1.29, 1.82) is 0 Å². The summed E-state index contributed by atoms with van der Waals surface area (Å²) in [7, 11) is 4.11. The maximum atomic E-state index is 12.7. The number of rotatable bonds is 6. The van der Waals surface area contributed by atoms with Crippen LogP contribution in [0.5, 0.6) is 0 Å². The number of benzene rings is 1. The number of aryl methyl sites for hydroxylation is 2. The summed E-state index contributed by atoms with van der Waals surface area (Å²) in [5.74, 6) is -0.000217. The minimum Gasteiger partial charge on any atom is -0.351 e. The first-order valence-corrected chi connectivity index (χ1v) is 8.80. The second kappa shape index (κ2) is 7.44. The molecule has 1 amide bonds. The number of para-hydroxylation sites is 1. The van der Waals surface area contributed by atoms with Crippen molar-refractivity contribution < 1.29 is 4.79 Å². The van der Waals surface area contributed by atoms with Crippen LogP contribution in [0.4, 0.5) is 0 Å². The molecule has 136 valence electrons. The molecule has 4 nitrogen and oxygen atoms in total. The lowest BCUT2D eigenvalue weighted by molar-refractivity contribution is 0.0928. The molecule has 4 heteroatoms. The third kappa shape index (κ3) is 4.51. The molecule has 0 fully saturated rings. The fourth-order valence-corrected chi connectivity index (χ4v) is 3.50. The third-order valence-electron chi connectivity index (χ3n) is 4.50. The molecule has 0 aliphatic rings. The summed E-state index contributed by atoms with van der Waals surface area (Å²) >= 11 is 0. The van der Waals surface area contributed by atoms with E-state index in [1.807, 2.05) is 32.0 Å². The predicted molar refractivity (Wildman–Crippen MR) is 105 cm³/mol. The van der Waals surface area contributed by atoms with Crippen LogP contribution in [0.25, 0.3) is 5.69 Å². The summed E-state index contributed by atoms with van der Waals surface area (Å²) < 4.78 is 2.16. The molecule has 1 heterocycles. The van der Waals surface area contributed by atoms with Crippen molar-refractivity contribution in [2.75, 3.05) is 27.2 Å². The predicted octanol–water partition coefficient (Wildman–Crippen LogP) is 3.72. The van der Waals surface area contributed by atoms with Crippen LogP contribution in [-0.2, 0) is 0 Å². The molecule has 0 spiro atoms. The van der Waals surface area contributed by atoms with Gasteiger partial charge in [0.1, 0.15) is 0 Å². The van der Waals surface area contributed by atoms with E-state index in [0.717, 1.165) is 29.2 Å². The summed E-state index contributed by atoms with van der Waals surface area (Å²) in [6.07, 6.45) is 0. The Bertz CT molecular complexity index is 756. The molecule has 0 aliphatic carbocycles. The molecule has 2 rings (SSSR count). The van der Waals surface area contributed by atoms with Gasteiger partial charge in [0.15, 0.2) is 0 Å². The molecular formula is C21H31N3O. The van der Waals surface area contributed by atoms with Gasteiger partial charge in [-0.25, -0.2) is 0 Å². The summed E-state index contributed by atoms with van der Waals surface area (Å²) in [5.41, 5.74) is 5.16. The zero-order valence-corrected chi connectivity index (χ0v) is 16.6. The van der Waals surface area contributed by atoms with E-state index in [0.29, 0.717) is 6.54 Å². The van der Waals surface area contributed by atoms with Gasteiger partial charge in [-0.15, -0.1) is 0 Å². The van der Waals surface area contributed by atoms with Crippen LogP contribution in [0.1, 0.15) is 41.2 Å². The van der Waals surface area contributed by atoms with Crippen molar-refractivity contribution in [3.63, 3.8) is 0 Å². The van der Waals surface area contributed by atoms with E-state index < -0.39 is 0 Å². The lowest BCUT2D eigenvalue weighted by atomic mass is 9.93. The van der Waals surface area contributed by atoms with E-state index in [9.17, 15) is 4.79 Å². The summed E-state index contributed by atoms with van der Waals surface area (Å²) in [6.45, 7) is 12.1. The van der Waals surface area contributed by atoms with E-state index >= 15 is 0 Å². The number of aromatic nitrogens is 1. The molecule has 2 aromatic rings. The van der Waals surface area contributed by atoms with Crippen LogP contribution in [0.15, 0.2) is 30.3 Å². The maximum Gasteiger partial charge on any atom is 0.253 e. The lowest BCUT2D eigenvalue weighted by Crippen LogP contribution is -2.40. The van der Waals surface area contributed by atoms with Gasteiger partial charge in [0.25, 0.3) is 5.91 Å². The van der Waals surface area contributed by atoms with Crippen molar-refractivity contribution in [3.05, 3.63) is 52.8 Å². The summed E-state index contributed by atoms with van der Waals surface area (Å²) in [5, 5.41) is 3.11. The van der Waals surface area contributed by atoms with Gasteiger partial charge in [-0.05, 0) is 58.0 Å². The average Bonchev–Trinajstić information content (AvgIpc) is 2.79. The second-order valence-electron chi connectivity index (χ2n) is 7.99. The number of carbonyl (C=O) groups is 1. The Balaban J connectivity index is 2.23. The molecule has 0 atom stereocenters. The van der Waals surface area contributed by atoms with Crippen LogP contribution in [0.2, 0.25) is 0 Å². The second-order valence-corrected chi connectivity index (χ2v) is 7.99. The fraction of sp³-hybridized carbons (Fsp3) is 0.476. The van der Waals surface area contributed by atoms with Gasteiger partial charge in [-0.3, -0.25) is 4.79 Å². The Morgan fingerprint density at radius 1 is 1.16 bits per heavy atom. The maximum absolute atomic E-state index is 12.7. The van der Waals surface area contributed by atoms with Crippen LogP contribution in [0.3, 0.4) is 0 Å². The quantitative estimate of drug-likeness (QED) is 0.869. The van der Waals surface area contributed by atoms with E-state index in [4.69, 9.17) is 0 Å². The summed E-state index contributed by atoms with van der Waals surface area (Å²) in [4.78, 5) is 14.9. The molecule has 25 heavy (non-hydrogen) atoms. The Hall–Kier alpha value is -2.07. The summed E-state index contributed by atoms with van der Waals surface area (Å²) in [6, 6.07) is 10.2. The molecule has 1 N–H and O–H groups in total. The number of carbonyl (C=O) groups excluding carboxylic acids is 1. The standard InChI is InChI=1S/C21H31N3O/c1-15-10-8-9-11-19(15)24-16(2)12-18(17(24)3)20(25)22-13-21(4,5)14-23(6)7/h8-12H,13-14H2,1-7H3,(H,22,25). The first-order valence-electron chi connectivity index (χ1n) is 8.80. The molecule has 1 aromatic heterocycles. The van der Waals surface area contributed by atoms with Gasteiger partial charge >= 0.3 is 0 Å². The van der Waals surface area contributed by atoms with Gasteiger partial charge in [0, 0.05) is 30.2 Å². The number of nitrogens with zero attached hydrogens (tertiary/aromatic N) is 2. The Morgan fingerprint density at radius 2 is 1.80 bits per heavy atom. The highest BCUT2D eigenvalue weighted by atomic mass is 16.1. The molecular weight excluding hydrogens is 310 g/mol. The van der Waals surface area contributed by atoms with Crippen molar-refractivity contribution in [2.24, 2.45) is 5.41 Å². The van der Waals surface area contributed by atoms with Crippen LogP contribution in [0, 0.1) is 26.2 Å². The highest BCUT2D eigenvalue weighted by molar-refractivity contribution is 5.96. The monoisotopic (exact) mass is 341 g/mol. The minimum absolute atomic E-state index is 0.000217. The number of nitrogens with one attached hydrogen (secondary N) is 1. The molecule has 0 radical (unpaired) electrons. The Kier molecular flexibility index (Phi) is 5.73. The Morgan fingerprint density at radius 3 is 2.40 bits per heavy atom. The van der Waals surface area contributed by atoms with Crippen molar-refractivity contribution in [1.82, 2.24) is 14.8 Å². The molecule has 0 bridgehead atoms. The minimum atomic E-state index is -0.000217. The van der Waals surface area contributed by atoms with Crippen LogP contribution in [-0.4, -0.2) is 42.6 Å². The van der Waals surface area contributed by atoms with Crippen molar-refractivity contribution in [2.45, 2.75) is 34.6 Å². The number of hydrogen-bond donors (Lipinski definition) is 1. The van der Waals surface area contributed by atoms with Crippen LogP contribution >= 0.6 is 0 Å². The van der Waals surface area contributed by atoms with E-state index in [1.54, 1.807) is 0 Å². The van der Waals surface area contributed by atoms with Crippen molar-refractivity contribution in [3.8, 4) is 5.69 Å². The smallest absolute Gasteiger partial charge is 0.253 e. The number of amides is 1. The fourth-order valence-electron chi connectivity index (χ4n) is 3.50. The molecule has 0 saturated heterocycles. The highest BCUT2D eigenvalue weighted by Crippen LogP contribution is 2.23. The van der Waals surface area contributed by atoms with E-state index in [-0.39, 0.29) is 11.3 Å². The average molecular weight is 341 g/mol. The molecule has 0 saturated carbocycles. The van der Waals surface area contributed by atoms with Gasteiger partial charge in [-0.1, -0.05) is 32.0 Å². The Labute approximate surface area is 151 Å². The normalized spacial score (nSPS) is 11.8. The largest absolute Gasteiger partial charge is 0.351 e. The number of hydrogen-bond acceptors (Lipinski definition) is 2. The molecule has 1 aromatic carbocycles. The SMILES string of the molecule is Cc1ccccc1-n1c(C)cc(C(=O)NCC(C)(C)CN(C)C)c1C. The molecule has 0 unspecified atom stereocenters. The van der Waals surface area contributed by atoms with Gasteiger partial charge < -0.3 is 14.8 Å².